The van der Waals surface area contributed by atoms with Crippen molar-refractivity contribution in [2.75, 3.05) is 0 Å². The molecular formula is C10H10O. The minimum Gasteiger partial charge on any atom is -0.234 e. The molecule has 1 rings (SSSR count). The number of benzene rings is 1. The van der Waals surface area contributed by atoms with Crippen LogP contribution in [0.4, 0.5) is 0 Å². The molecular weight excluding hydrogens is 136 g/mol. The molecule has 0 amide bonds. The monoisotopic (exact) mass is 146 g/mol. The highest BCUT2D eigenvalue weighted by atomic mass is 16.1. The first-order valence-electron chi connectivity index (χ1n) is 3.58. The molecule has 0 unspecified atom stereocenters. The van der Waals surface area contributed by atoms with Gasteiger partial charge in [-0.3, -0.25) is 0 Å². The summed E-state index contributed by atoms with van der Waals surface area (Å²) in [5.74, 6) is 1.77. The van der Waals surface area contributed by atoms with Crippen LogP contribution in [0.15, 0.2) is 30.3 Å². The molecule has 0 spiro atoms. The lowest BCUT2D eigenvalue weighted by Crippen LogP contribution is -1.84. The zero-order valence-electron chi connectivity index (χ0n) is 6.50. The fourth-order valence-electron chi connectivity index (χ4n) is 0.991. The van der Waals surface area contributed by atoms with E-state index in [1.165, 1.54) is 17.2 Å². The number of allylic oxidation sites excluding steroid dienone is 1. The van der Waals surface area contributed by atoms with Crippen LogP contribution in [0.1, 0.15) is 11.1 Å². The van der Waals surface area contributed by atoms with E-state index in [2.05, 4.69) is 0 Å². The molecule has 0 saturated heterocycles. The molecule has 11 heavy (non-hydrogen) atoms. The highest BCUT2D eigenvalue weighted by molar-refractivity contribution is 5.46. The van der Waals surface area contributed by atoms with Gasteiger partial charge in [0, 0.05) is 12.5 Å². The smallest absolute Gasteiger partial charge is 0.120 e. The highest BCUT2D eigenvalue weighted by Gasteiger charge is 1.92. The lowest BCUT2D eigenvalue weighted by Gasteiger charge is -1.98. The summed E-state index contributed by atoms with van der Waals surface area (Å²) in [6, 6.07) is 8.02. The average molecular weight is 146 g/mol. The van der Waals surface area contributed by atoms with E-state index in [1.807, 2.05) is 31.2 Å². The molecule has 0 aliphatic heterocycles. The Kier molecular flexibility index (Phi) is 2.65. The van der Waals surface area contributed by atoms with E-state index in [4.69, 9.17) is 0 Å². The van der Waals surface area contributed by atoms with Gasteiger partial charge in [-0.1, -0.05) is 24.3 Å². The van der Waals surface area contributed by atoms with Crippen molar-refractivity contribution in [3.05, 3.63) is 41.5 Å². The van der Waals surface area contributed by atoms with Gasteiger partial charge >= 0.3 is 0 Å². The number of hydrogen-bond donors (Lipinski definition) is 0. The molecule has 0 bridgehead atoms. The fourth-order valence-corrected chi connectivity index (χ4v) is 0.991. The zero-order chi connectivity index (χ0) is 8.10. The Hall–Kier alpha value is -1.33. The second-order valence-corrected chi connectivity index (χ2v) is 2.45. The lowest BCUT2D eigenvalue weighted by molar-refractivity contribution is 0.568. The Morgan fingerprint density at radius 3 is 2.82 bits per heavy atom. The third kappa shape index (κ3) is 2.06. The van der Waals surface area contributed by atoms with Gasteiger partial charge in [0.25, 0.3) is 0 Å². The van der Waals surface area contributed by atoms with Crippen LogP contribution < -0.4 is 0 Å². The Bertz CT molecular complexity index is 283. The first kappa shape index (κ1) is 7.77. The molecule has 0 aliphatic rings. The normalized spacial score (nSPS) is 8.82. The zero-order valence-corrected chi connectivity index (χ0v) is 6.50. The lowest BCUT2D eigenvalue weighted by atomic mass is 10.1. The maximum absolute atomic E-state index is 9.91. The summed E-state index contributed by atoms with van der Waals surface area (Å²) in [6.45, 7) is 2.04. The molecule has 0 atom stereocenters. The molecule has 0 radical (unpaired) electrons. The van der Waals surface area contributed by atoms with Crippen molar-refractivity contribution < 1.29 is 4.79 Å². The van der Waals surface area contributed by atoms with Crippen LogP contribution in [-0.2, 0) is 11.2 Å². The van der Waals surface area contributed by atoms with Gasteiger partial charge in [-0.15, -0.1) is 0 Å². The minimum absolute atomic E-state index is 0.691. The average Bonchev–Trinajstić information content (AvgIpc) is 2.03. The molecule has 1 heteroatoms. The molecule has 56 valence electrons. The summed E-state index contributed by atoms with van der Waals surface area (Å²) in [6.07, 6.45) is 2.19. The summed E-state index contributed by atoms with van der Waals surface area (Å²) < 4.78 is 0. The standard InChI is InChI=1S/C10H10O/c1-9-5-2-3-6-10(9)7-4-8-11/h2-6H,7H2,1H3. The van der Waals surface area contributed by atoms with Gasteiger partial charge < -0.3 is 0 Å². The number of rotatable bonds is 2. The molecule has 0 fully saturated rings. The van der Waals surface area contributed by atoms with E-state index in [0.29, 0.717) is 6.42 Å². The van der Waals surface area contributed by atoms with Crippen LogP contribution in [0.5, 0.6) is 0 Å². The van der Waals surface area contributed by atoms with E-state index < -0.39 is 0 Å². The van der Waals surface area contributed by atoms with E-state index in [-0.39, 0.29) is 0 Å². The summed E-state index contributed by atoms with van der Waals surface area (Å²) in [5.41, 5.74) is 2.41. The van der Waals surface area contributed by atoms with Crippen molar-refractivity contribution in [2.45, 2.75) is 13.3 Å². The molecule has 1 aromatic rings. The SMILES string of the molecule is Cc1ccccc1CC=C=O. The van der Waals surface area contributed by atoms with Crippen molar-refractivity contribution in [2.24, 2.45) is 0 Å². The van der Waals surface area contributed by atoms with Crippen molar-refractivity contribution in [3.63, 3.8) is 0 Å². The molecule has 0 heterocycles. The van der Waals surface area contributed by atoms with Gasteiger partial charge in [0.1, 0.15) is 5.94 Å². The van der Waals surface area contributed by atoms with Crippen LogP contribution >= 0.6 is 0 Å². The van der Waals surface area contributed by atoms with Gasteiger partial charge in [-0.2, -0.15) is 0 Å². The van der Waals surface area contributed by atoms with E-state index in [0.717, 1.165) is 0 Å². The second-order valence-electron chi connectivity index (χ2n) is 2.45. The van der Waals surface area contributed by atoms with Crippen molar-refractivity contribution in [1.82, 2.24) is 0 Å². The van der Waals surface area contributed by atoms with Crippen molar-refractivity contribution in [3.8, 4) is 0 Å². The third-order valence-corrected chi connectivity index (χ3v) is 1.67. The number of hydrogen-bond acceptors (Lipinski definition) is 1. The maximum atomic E-state index is 9.91. The van der Waals surface area contributed by atoms with E-state index >= 15 is 0 Å². The molecule has 0 N–H and O–H groups in total. The predicted molar refractivity (Wildman–Crippen MR) is 45.1 cm³/mol. The highest BCUT2D eigenvalue weighted by Crippen LogP contribution is 2.06. The van der Waals surface area contributed by atoms with Crippen LogP contribution in [0.2, 0.25) is 0 Å². The molecule has 1 nitrogen and oxygen atoms in total. The van der Waals surface area contributed by atoms with Crippen molar-refractivity contribution >= 4 is 5.94 Å². The Balaban J connectivity index is 2.85. The van der Waals surface area contributed by atoms with Crippen LogP contribution in [0, 0.1) is 6.92 Å². The van der Waals surface area contributed by atoms with E-state index in [1.54, 1.807) is 5.94 Å². The van der Waals surface area contributed by atoms with Gasteiger partial charge in [-0.25, -0.2) is 4.79 Å². The third-order valence-electron chi connectivity index (χ3n) is 1.67. The van der Waals surface area contributed by atoms with E-state index in [9.17, 15) is 4.79 Å². The number of aryl methyl sites for hydroxylation is 1. The van der Waals surface area contributed by atoms with Gasteiger partial charge in [0.2, 0.25) is 0 Å². The van der Waals surface area contributed by atoms with Gasteiger partial charge in [0.05, 0.1) is 0 Å². The largest absolute Gasteiger partial charge is 0.234 e. The van der Waals surface area contributed by atoms with Crippen LogP contribution in [0.25, 0.3) is 0 Å². The Morgan fingerprint density at radius 1 is 1.45 bits per heavy atom. The predicted octanol–water partition coefficient (Wildman–Crippen LogP) is 1.93. The number of carbonyl (C=O) groups excluding carboxylic acids is 1. The van der Waals surface area contributed by atoms with Crippen LogP contribution in [0.3, 0.4) is 0 Å². The minimum atomic E-state index is 0.691. The topological polar surface area (TPSA) is 17.1 Å². The van der Waals surface area contributed by atoms with Gasteiger partial charge in [0.15, 0.2) is 0 Å². The summed E-state index contributed by atoms with van der Waals surface area (Å²) in [4.78, 5) is 9.91. The molecule has 0 saturated carbocycles. The Morgan fingerprint density at radius 2 is 2.18 bits per heavy atom. The summed E-state index contributed by atoms with van der Waals surface area (Å²) >= 11 is 0. The molecule has 0 aliphatic carbocycles. The molecule has 0 aromatic heterocycles. The summed E-state index contributed by atoms with van der Waals surface area (Å²) in [5, 5.41) is 0. The molecule has 1 aromatic carbocycles. The van der Waals surface area contributed by atoms with Crippen LogP contribution in [-0.4, -0.2) is 5.94 Å². The first-order chi connectivity index (χ1) is 5.34. The Labute approximate surface area is 66.4 Å². The fraction of sp³-hybridized carbons (Fsp3) is 0.200. The van der Waals surface area contributed by atoms with Gasteiger partial charge in [-0.05, 0) is 18.1 Å². The van der Waals surface area contributed by atoms with Crippen molar-refractivity contribution in [1.29, 1.82) is 0 Å². The maximum Gasteiger partial charge on any atom is 0.120 e. The second kappa shape index (κ2) is 3.75. The summed E-state index contributed by atoms with van der Waals surface area (Å²) in [7, 11) is 0. The first-order valence-corrected chi connectivity index (χ1v) is 3.58. The quantitative estimate of drug-likeness (QED) is 0.582.